The molecule has 2 atom stereocenters. The molecule has 0 aliphatic heterocycles. The molecule has 0 spiro atoms. The maximum Gasteiger partial charge on any atom is -0.0386 e. The molecule has 13 fully saturated rings. The molecular formula is C42H72. The van der Waals surface area contributed by atoms with Crippen molar-refractivity contribution in [3.63, 3.8) is 0 Å². The van der Waals surface area contributed by atoms with Crippen LogP contribution in [0.5, 0.6) is 0 Å². The molecule has 13 saturated carbocycles. The molecule has 0 aromatic carbocycles. The average molecular weight is 577 g/mol. The van der Waals surface area contributed by atoms with Gasteiger partial charge in [-0.1, -0.05) is 128 Å². The summed E-state index contributed by atoms with van der Waals surface area (Å²) in [6.45, 7) is 0. The molecule has 240 valence electrons. The summed E-state index contributed by atoms with van der Waals surface area (Å²) in [4.78, 5) is 0. The van der Waals surface area contributed by atoms with Crippen LogP contribution in [0.15, 0.2) is 0 Å². The Kier molecular flexibility index (Phi) is 11.0. The smallest absolute Gasteiger partial charge is 0.0386 e. The number of hydrogen-bond donors (Lipinski definition) is 0. The van der Waals surface area contributed by atoms with Crippen LogP contribution in [0.1, 0.15) is 193 Å². The Morgan fingerprint density at radius 1 is 0.167 bits per heavy atom. The van der Waals surface area contributed by atoms with Crippen LogP contribution in [0.25, 0.3) is 0 Å². The predicted molar refractivity (Wildman–Crippen MR) is 180 cm³/mol. The lowest BCUT2D eigenvalue weighted by Crippen LogP contribution is -2.38. The molecule has 2 unspecified atom stereocenters. The molecule has 13 rings (SSSR count). The van der Waals surface area contributed by atoms with Crippen LogP contribution in [-0.2, 0) is 0 Å². The summed E-state index contributed by atoms with van der Waals surface area (Å²) >= 11 is 0. The first-order valence-corrected chi connectivity index (χ1v) is 20.7. The van der Waals surface area contributed by atoms with E-state index in [9.17, 15) is 0 Å². The molecule has 0 N–H and O–H groups in total. The SMILES string of the molecule is C1C2CC3CC1CC(C2)C3.C1CC2CC(C1)C2.C1CC2CCC(C1)C2.C1CC2CCC1C2.C1CCC2CCCCC2C1. The highest BCUT2D eigenvalue weighted by Crippen LogP contribution is 2.53. The van der Waals surface area contributed by atoms with Gasteiger partial charge in [0.25, 0.3) is 0 Å². The van der Waals surface area contributed by atoms with Crippen molar-refractivity contribution in [2.24, 2.45) is 71.0 Å². The Morgan fingerprint density at radius 3 is 0.643 bits per heavy atom. The highest BCUT2D eigenvalue weighted by atomic mass is 14.5. The minimum atomic E-state index is 1.16. The first kappa shape index (κ1) is 30.6. The zero-order valence-corrected chi connectivity index (χ0v) is 28.1. The van der Waals surface area contributed by atoms with E-state index in [1.165, 1.54) is 85.9 Å². The zero-order chi connectivity index (χ0) is 28.1. The van der Waals surface area contributed by atoms with Gasteiger partial charge in [-0.25, -0.2) is 0 Å². The molecule has 0 amide bonds. The van der Waals surface area contributed by atoms with Crippen LogP contribution >= 0.6 is 0 Å². The molecule has 0 heterocycles. The van der Waals surface area contributed by atoms with Crippen molar-refractivity contribution in [2.45, 2.75) is 193 Å². The fourth-order valence-electron chi connectivity index (χ4n) is 13.5. The normalized spacial score (nSPS) is 48.0. The van der Waals surface area contributed by atoms with Gasteiger partial charge in [0.15, 0.2) is 0 Å². The van der Waals surface area contributed by atoms with Crippen LogP contribution in [0.2, 0.25) is 0 Å². The lowest BCUT2D eigenvalue weighted by molar-refractivity contribution is 0.0198. The van der Waals surface area contributed by atoms with E-state index in [4.69, 9.17) is 0 Å². The fraction of sp³-hybridized carbons (Fsp3) is 1.00. The molecule has 0 radical (unpaired) electrons. The van der Waals surface area contributed by atoms with E-state index in [2.05, 4.69) is 0 Å². The first-order valence-electron chi connectivity index (χ1n) is 20.7. The molecule has 42 heavy (non-hydrogen) atoms. The monoisotopic (exact) mass is 577 g/mol. The van der Waals surface area contributed by atoms with E-state index in [-0.39, 0.29) is 0 Å². The van der Waals surface area contributed by atoms with Gasteiger partial charge in [0.05, 0.1) is 0 Å². The molecule has 0 aromatic rings. The van der Waals surface area contributed by atoms with Crippen LogP contribution in [0.3, 0.4) is 0 Å². The largest absolute Gasteiger partial charge is 0.0530 e. The number of rotatable bonds is 0. The minimum absolute atomic E-state index is 1.16. The third kappa shape index (κ3) is 8.42. The van der Waals surface area contributed by atoms with Gasteiger partial charge in [-0.05, 0) is 135 Å². The maximum atomic E-state index is 1.60. The van der Waals surface area contributed by atoms with E-state index in [0.717, 1.165) is 23.7 Å². The highest BCUT2D eigenvalue weighted by Gasteiger charge is 2.41. The van der Waals surface area contributed by atoms with E-state index in [1.54, 1.807) is 154 Å². The van der Waals surface area contributed by atoms with Crippen LogP contribution in [0.4, 0.5) is 0 Å². The Morgan fingerprint density at radius 2 is 0.405 bits per heavy atom. The summed E-state index contributed by atoms with van der Waals surface area (Å²) in [6.07, 6.45) is 47.0. The third-order valence-electron chi connectivity index (χ3n) is 15.5. The molecule has 13 aliphatic rings. The molecular weight excluding hydrogens is 504 g/mol. The Labute approximate surface area is 263 Å². The van der Waals surface area contributed by atoms with Crippen molar-refractivity contribution in [3.8, 4) is 0 Å². The minimum Gasteiger partial charge on any atom is -0.0530 e. The quantitative estimate of drug-likeness (QED) is 0.269. The van der Waals surface area contributed by atoms with Crippen LogP contribution < -0.4 is 0 Å². The predicted octanol–water partition coefficient (Wildman–Crippen LogP) is 13.2. The second-order valence-corrected chi connectivity index (χ2v) is 18.7. The maximum absolute atomic E-state index is 1.60. The highest BCUT2D eigenvalue weighted by molar-refractivity contribution is 4.93. The van der Waals surface area contributed by atoms with Gasteiger partial charge in [-0.3, -0.25) is 0 Å². The van der Waals surface area contributed by atoms with Gasteiger partial charge in [0.2, 0.25) is 0 Å². The lowest BCUT2D eigenvalue weighted by atomic mass is 9.56. The van der Waals surface area contributed by atoms with Crippen molar-refractivity contribution in [1.82, 2.24) is 0 Å². The Bertz CT molecular complexity index is 662. The summed E-state index contributed by atoms with van der Waals surface area (Å²) in [7, 11) is 0. The van der Waals surface area contributed by atoms with Crippen molar-refractivity contribution < 1.29 is 0 Å². The van der Waals surface area contributed by atoms with Gasteiger partial charge < -0.3 is 0 Å². The number of hydrogen-bond acceptors (Lipinski definition) is 0. The topological polar surface area (TPSA) is 0 Å². The summed E-state index contributed by atoms with van der Waals surface area (Å²) in [5, 5.41) is 0. The van der Waals surface area contributed by atoms with Gasteiger partial charge in [0.1, 0.15) is 0 Å². The molecule has 0 saturated heterocycles. The molecule has 0 aromatic heterocycles. The Balaban J connectivity index is 0.0000000864. The summed E-state index contributed by atoms with van der Waals surface area (Å²) in [6, 6.07) is 0. The molecule has 0 heteroatoms. The van der Waals surface area contributed by atoms with Gasteiger partial charge in [-0.2, -0.15) is 0 Å². The van der Waals surface area contributed by atoms with Crippen LogP contribution in [0, 0.1) is 71.0 Å². The zero-order valence-electron chi connectivity index (χ0n) is 28.1. The van der Waals surface area contributed by atoms with Gasteiger partial charge in [0, 0.05) is 0 Å². The third-order valence-corrected chi connectivity index (χ3v) is 15.5. The number of fused-ring (bicyclic) bond motifs is 7. The standard InChI is InChI=1S/C10H16.C10H18.C8H14.2C7H12/c1-7-2-9-4-8(1)5-10(3-7)6-9;1-2-6-10-8-4-3-7-9(10)5-1;1-2-7-4-5-8(3-1)6-7;1-2-7-4-3-6(1)5-7;1-2-6-4-7(3-1)5-6/h7-10H,1-6H2;9-10H,1-8H2;7-8H,1-6H2;2*6-7H,1-5H2. The second kappa shape index (κ2) is 15.1. The van der Waals surface area contributed by atoms with E-state index >= 15 is 0 Å². The average Bonchev–Trinajstić information content (AvgIpc) is 3.76. The molecule has 0 nitrogen and oxygen atoms in total. The van der Waals surface area contributed by atoms with Crippen molar-refractivity contribution in [1.29, 1.82) is 0 Å². The first-order chi connectivity index (χ1) is 20.7. The van der Waals surface area contributed by atoms with Gasteiger partial charge >= 0.3 is 0 Å². The Hall–Kier alpha value is 0. The fourth-order valence-corrected chi connectivity index (χ4v) is 13.5. The summed E-state index contributed by atoms with van der Waals surface area (Å²) in [5.41, 5.74) is 0. The summed E-state index contributed by atoms with van der Waals surface area (Å²) < 4.78 is 0. The van der Waals surface area contributed by atoms with Crippen molar-refractivity contribution in [2.75, 3.05) is 0 Å². The summed E-state index contributed by atoms with van der Waals surface area (Å²) in [5.74, 6) is 14.0. The van der Waals surface area contributed by atoms with Crippen molar-refractivity contribution in [3.05, 3.63) is 0 Å². The van der Waals surface area contributed by atoms with Crippen LogP contribution in [-0.4, -0.2) is 0 Å². The lowest BCUT2D eigenvalue weighted by Gasteiger charge is -2.49. The van der Waals surface area contributed by atoms with E-state index in [1.807, 2.05) is 0 Å². The molecule has 10 bridgehead atoms. The van der Waals surface area contributed by atoms with E-state index < -0.39 is 0 Å². The van der Waals surface area contributed by atoms with E-state index in [0.29, 0.717) is 0 Å². The second-order valence-electron chi connectivity index (χ2n) is 18.7. The van der Waals surface area contributed by atoms with Crippen molar-refractivity contribution >= 4 is 0 Å². The van der Waals surface area contributed by atoms with Gasteiger partial charge in [-0.15, -0.1) is 0 Å². The molecule has 13 aliphatic carbocycles.